The first-order valence-corrected chi connectivity index (χ1v) is 7.70. The number of Topliss-reactive ketones (excluding diaryl/α,β-unsaturated/α-hetero) is 1. The number of hydrogen-bond donors (Lipinski definition) is 2. The molecule has 1 aliphatic carbocycles. The van der Waals surface area contributed by atoms with E-state index in [1.807, 2.05) is 0 Å². The third-order valence-electron chi connectivity index (χ3n) is 3.80. The van der Waals surface area contributed by atoms with E-state index in [9.17, 15) is 10.1 Å². The number of nitrogens with zero attached hydrogens (tertiary/aromatic N) is 1. The first-order valence-electron chi connectivity index (χ1n) is 6.89. The molecule has 5 nitrogen and oxygen atoms in total. The third kappa shape index (κ3) is 2.51. The second-order valence-corrected chi connectivity index (χ2v) is 6.43. The number of nitrogens with one attached hydrogen (secondary N) is 1. The highest BCUT2D eigenvalue weighted by atomic mass is 32.1. The van der Waals surface area contributed by atoms with Crippen molar-refractivity contribution in [1.29, 1.82) is 5.26 Å². The normalized spacial score (nSPS) is 21.6. The number of ketones is 1. The molecule has 1 unspecified atom stereocenters. The molecular weight excluding hydrogens is 274 g/mol. The number of nitrogen functional groups attached to an aromatic ring is 1. The lowest BCUT2D eigenvalue weighted by molar-refractivity contribution is 0.0972. The van der Waals surface area contributed by atoms with Crippen LogP contribution in [0.25, 0.3) is 0 Å². The lowest BCUT2D eigenvalue weighted by atomic mass is 10.1. The Hall–Kier alpha value is -1.58. The predicted molar refractivity (Wildman–Crippen MR) is 77.9 cm³/mol. The Balaban J connectivity index is 1.77. The molecule has 1 saturated carbocycles. The summed E-state index contributed by atoms with van der Waals surface area (Å²) in [5, 5.41) is 13.2. The third-order valence-corrected chi connectivity index (χ3v) is 4.98. The van der Waals surface area contributed by atoms with Crippen LogP contribution in [0, 0.1) is 23.2 Å². The molecule has 2 aliphatic rings. The van der Waals surface area contributed by atoms with Crippen LogP contribution in [0.1, 0.15) is 34.5 Å². The van der Waals surface area contributed by atoms with Crippen LogP contribution in [-0.2, 0) is 4.74 Å². The minimum atomic E-state index is 0.0984. The van der Waals surface area contributed by atoms with Gasteiger partial charge in [0.2, 0.25) is 0 Å². The van der Waals surface area contributed by atoms with Gasteiger partial charge in [-0.2, -0.15) is 5.26 Å². The number of hydrogen-bond acceptors (Lipinski definition) is 6. The summed E-state index contributed by atoms with van der Waals surface area (Å²) in [7, 11) is 0. The van der Waals surface area contributed by atoms with Gasteiger partial charge in [-0.05, 0) is 19.3 Å². The minimum Gasteiger partial charge on any atom is -0.396 e. The summed E-state index contributed by atoms with van der Waals surface area (Å²) in [6.45, 7) is 2.31. The Morgan fingerprint density at radius 2 is 2.30 bits per heavy atom. The summed E-state index contributed by atoms with van der Waals surface area (Å²) in [6, 6.07) is 2.11. The lowest BCUT2D eigenvalue weighted by Gasteiger charge is -2.08. The molecule has 1 aliphatic heterocycles. The maximum Gasteiger partial charge on any atom is 0.178 e. The number of nitriles is 1. The van der Waals surface area contributed by atoms with Gasteiger partial charge in [0.05, 0.1) is 17.2 Å². The minimum absolute atomic E-state index is 0.0984. The first-order chi connectivity index (χ1) is 9.70. The van der Waals surface area contributed by atoms with Crippen LogP contribution in [0.5, 0.6) is 0 Å². The van der Waals surface area contributed by atoms with Crippen molar-refractivity contribution in [3.05, 3.63) is 10.4 Å². The van der Waals surface area contributed by atoms with Crippen molar-refractivity contribution in [3.63, 3.8) is 0 Å². The van der Waals surface area contributed by atoms with Crippen LogP contribution < -0.4 is 11.1 Å². The molecule has 3 rings (SSSR count). The molecule has 20 heavy (non-hydrogen) atoms. The van der Waals surface area contributed by atoms with Gasteiger partial charge in [-0.15, -0.1) is 11.3 Å². The smallest absolute Gasteiger partial charge is 0.178 e. The monoisotopic (exact) mass is 291 g/mol. The van der Waals surface area contributed by atoms with E-state index in [4.69, 9.17) is 10.5 Å². The molecule has 1 saturated heterocycles. The zero-order valence-corrected chi connectivity index (χ0v) is 12.0. The van der Waals surface area contributed by atoms with Gasteiger partial charge in [0.1, 0.15) is 16.6 Å². The van der Waals surface area contributed by atoms with Gasteiger partial charge in [0.15, 0.2) is 5.78 Å². The Morgan fingerprint density at radius 1 is 1.50 bits per heavy atom. The van der Waals surface area contributed by atoms with Crippen LogP contribution >= 0.6 is 11.3 Å². The molecule has 3 N–H and O–H groups in total. The second-order valence-electron chi connectivity index (χ2n) is 5.41. The van der Waals surface area contributed by atoms with Crippen molar-refractivity contribution >= 4 is 27.8 Å². The predicted octanol–water partition coefficient (Wildman–Crippen LogP) is 2.24. The van der Waals surface area contributed by atoms with Crippen molar-refractivity contribution in [1.82, 2.24) is 0 Å². The summed E-state index contributed by atoms with van der Waals surface area (Å²) < 4.78 is 5.33. The topological polar surface area (TPSA) is 88.1 Å². The van der Waals surface area contributed by atoms with Gasteiger partial charge in [-0.25, -0.2) is 0 Å². The Bertz CT molecular complexity index is 566. The summed E-state index contributed by atoms with van der Waals surface area (Å²) in [5.41, 5.74) is 6.73. The Kier molecular flexibility index (Phi) is 3.64. The average Bonchev–Trinajstić information content (AvgIpc) is 3.07. The van der Waals surface area contributed by atoms with Gasteiger partial charge in [0, 0.05) is 25.0 Å². The molecule has 2 fully saturated rings. The van der Waals surface area contributed by atoms with Crippen LogP contribution in [0.2, 0.25) is 0 Å². The molecule has 1 aromatic rings. The number of ether oxygens (including phenoxy) is 1. The second kappa shape index (κ2) is 5.43. The first kappa shape index (κ1) is 13.4. The molecular formula is C14H17N3O2S. The highest BCUT2D eigenvalue weighted by Gasteiger charge is 2.34. The van der Waals surface area contributed by atoms with E-state index in [-0.39, 0.29) is 11.7 Å². The standard InChI is InChI=1S/C14H17N3O2S/c15-5-10-11(16)13(12(18)9-1-2-9)20-14(10)17-6-8-3-4-19-7-8/h8-9,17H,1-4,6-7,16H2. The van der Waals surface area contributed by atoms with Crippen molar-refractivity contribution in [3.8, 4) is 6.07 Å². The molecule has 1 aromatic heterocycles. The van der Waals surface area contributed by atoms with Crippen LogP contribution in [0.3, 0.4) is 0 Å². The maximum atomic E-state index is 12.1. The summed E-state index contributed by atoms with van der Waals surface area (Å²) in [5.74, 6) is 0.687. The lowest BCUT2D eigenvalue weighted by Crippen LogP contribution is -2.13. The van der Waals surface area contributed by atoms with E-state index < -0.39 is 0 Å². The summed E-state index contributed by atoms with van der Waals surface area (Å²) in [4.78, 5) is 12.7. The van der Waals surface area contributed by atoms with E-state index in [2.05, 4.69) is 11.4 Å². The fourth-order valence-electron chi connectivity index (χ4n) is 2.37. The zero-order valence-electron chi connectivity index (χ0n) is 11.1. The number of nitrogens with two attached hydrogens (primary N) is 1. The maximum absolute atomic E-state index is 12.1. The number of thiophene rings is 1. The van der Waals surface area contributed by atoms with Gasteiger partial charge in [0.25, 0.3) is 0 Å². The van der Waals surface area contributed by atoms with Crippen molar-refractivity contribution in [2.75, 3.05) is 30.8 Å². The fourth-order valence-corrected chi connectivity index (χ4v) is 3.47. The van der Waals surface area contributed by atoms with E-state index >= 15 is 0 Å². The Morgan fingerprint density at radius 3 is 2.90 bits per heavy atom. The number of rotatable bonds is 5. The molecule has 0 bridgehead atoms. The van der Waals surface area contributed by atoms with Crippen molar-refractivity contribution in [2.24, 2.45) is 11.8 Å². The average molecular weight is 291 g/mol. The van der Waals surface area contributed by atoms with E-state index in [0.29, 0.717) is 22.0 Å². The fraction of sp³-hybridized carbons (Fsp3) is 0.571. The molecule has 106 valence electrons. The number of carbonyl (C=O) groups is 1. The van der Waals surface area contributed by atoms with Crippen molar-refractivity contribution < 1.29 is 9.53 Å². The van der Waals surface area contributed by atoms with Crippen LogP contribution in [0.4, 0.5) is 10.7 Å². The molecule has 2 heterocycles. The highest BCUT2D eigenvalue weighted by Crippen LogP contribution is 2.41. The summed E-state index contributed by atoms with van der Waals surface area (Å²) >= 11 is 1.32. The van der Waals surface area contributed by atoms with E-state index in [0.717, 1.165) is 44.0 Å². The van der Waals surface area contributed by atoms with Gasteiger partial charge >= 0.3 is 0 Å². The van der Waals surface area contributed by atoms with Crippen LogP contribution in [0.15, 0.2) is 0 Å². The zero-order chi connectivity index (χ0) is 14.1. The molecule has 6 heteroatoms. The number of carbonyl (C=O) groups excluding carboxylic acids is 1. The van der Waals surface area contributed by atoms with Gasteiger partial charge < -0.3 is 15.8 Å². The van der Waals surface area contributed by atoms with E-state index in [1.54, 1.807) is 0 Å². The highest BCUT2D eigenvalue weighted by molar-refractivity contribution is 7.19. The molecule has 0 spiro atoms. The van der Waals surface area contributed by atoms with Gasteiger partial charge in [-0.1, -0.05) is 0 Å². The van der Waals surface area contributed by atoms with Crippen LogP contribution in [-0.4, -0.2) is 25.5 Å². The summed E-state index contributed by atoms with van der Waals surface area (Å²) in [6.07, 6.45) is 2.92. The molecule has 0 aromatic carbocycles. The molecule has 1 atom stereocenters. The SMILES string of the molecule is N#Cc1c(NCC2CCOC2)sc(C(=O)C2CC2)c1N. The number of anilines is 2. The molecule has 0 amide bonds. The van der Waals surface area contributed by atoms with E-state index in [1.165, 1.54) is 11.3 Å². The molecule has 0 radical (unpaired) electrons. The quantitative estimate of drug-likeness (QED) is 0.812. The van der Waals surface area contributed by atoms with Crippen molar-refractivity contribution in [2.45, 2.75) is 19.3 Å². The largest absolute Gasteiger partial charge is 0.396 e. The van der Waals surface area contributed by atoms with Gasteiger partial charge in [-0.3, -0.25) is 4.79 Å². The Labute approximate surface area is 121 Å².